The van der Waals surface area contributed by atoms with Crippen LogP contribution < -0.4 is 15.3 Å². The van der Waals surface area contributed by atoms with E-state index in [4.69, 9.17) is 14.5 Å². The highest BCUT2D eigenvalue weighted by Gasteiger charge is 2.10. The van der Waals surface area contributed by atoms with Crippen molar-refractivity contribution in [3.05, 3.63) is 76.5 Å². The number of ether oxygens (including phenoxy) is 2. The van der Waals surface area contributed by atoms with Gasteiger partial charge in [0, 0.05) is 17.7 Å². The zero-order chi connectivity index (χ0) is 15.4. The third kappa shape index (κ3) is 2.89. The Balaban J connectivity index is 2.15. The van der Waals surface area contributed by atoms with E-state index >= 15 is 0 Å². The normalized spacial score (nSPS) is 16.7. The number of nitrogens with zero attached hydrogens (tertiary/aromatic N) is 1. The fourth-order valence-corrected chi connectivity index (χ4v) is 2.61. The molecule has 2 aliphatic rings. The molecule has 1 heterocycles. The molecule has 1 aliphatic heterocycles. The molecule has 0 radical (unpaired) electrons. The number of methoxy groups -OCH3 is 2. The van der Waals surface area contributed by atoms with Crippen LogP contribution in [0.4, 0.5) is 0 Å². The zero-order valence-corrected chi connectivity index (χ0v) is 12.9. The molecule has 0 aromatic heterocycles. The molecule has 0 N–H and O–H groups in total. The van der Waals surface area contributed by atoms with Crippen molar-refractivity contribution in [3.63, 3.8) is 0 Å². The van der Waals surface area contributed by atoms with Crippen molar-refractivity contribution in [3.8, 4) is 5.75 Å². The third-order valence-corrected chi connectivity index (χ3v) is 3.80. The van der Waals surface area contributed by atoms with Crippen LogP contribution in [0.1, 0.15) is 12.8 Å². The Hall–Kier alpha value is -2.55. The number of hydrogen-bond acceptors (Lipinski definition) is 3. The highest BCUT2D eigenvalue weighted by molar-refractivity contribution is 5.46. The topological polar surface area (TPSA) is 30.8 Å². The Morgan fingerprint density at radius 2 is 1.91 bits per heavy atom. The lowest BCUT2D eigenvalue weighted by Gasteiger charge is -2.04. The minimum absolute atomic E-state index is 0.736. The van der Waals surface area contributed by atoms with Gasteiger partial charge in [-0.1, -0.05) is 36.5 Å². The van der Waals surface area contributed by atoms with E-state index in [0.717, 1.165) is 40.6 Å². The molecule has 0 saturated carbocycles. The number of allylic oxidation sites excluding steroid dienone is 6. The molecule has 1 aliphatic carbocycles. The van der Waals surface area contributed by atoms with Crippen molar-refractivity contribution in [2.24, 2.45) is 4.99 Å². The first-order chi connectivity index (χ1) is 10.8. The summed E-state index contributed by atoms with van der Waals surface area (Å²) in [6.07, 6.45) is 14.1. The van der Waals surface area contributed by atoms with E-state index in [2.05, 4.69) is 24.3 Å². The number of fused-ring (bicyclic) bond motifs is 1. The van der Waals surface area contributed by atoms with Gasteiger partial charge >= 0.3 is 0 Å². The van der Waals surface area contributed by atoms with Crippen molar-refractivity contribution in [1.82, 2.24) is 0 Å². The van der Waals surface area contributed by atoms with E-state index in [1.165, 1.54) is 5.57 Å². The molecule has 0 saturated heterocycles. The summed E-state index contributed by atoms with van der Waals surface area (Å²) in [5.74, 6) is 1.73. The molecule has 112 valence electrons. The van der Waals surface area contributed by atoms with E-state index in [1.54, 1.807) is 14.2 Å². The fourth-order valence-electron chi connectivity index (χ4n) is 2.61. The maximum atomic E-state index is 5.56. The first-order valence-corrected chi connectivity index (χ1v) is 7.34. The van der Waals surface area contributed by atoms with Gasteiger partial charge in [0.15, 0.2) is 0 Å². The lowest BCUT2D eigenvalue weighted by Crippen LogP contribution is -2.27. The maximum absolute atomic E-state index is 5.56. The molecular weight excluding hydrogens is 274 g/mol. The molecular formula is C19H19NO2. The molecule has 0 unspecified atom stereocenters. The summed E-state index contributed by atoms with van der Waals surface area (Å²) in [5.41, 5.74) is 2.20. The lowest BCUT2D eigenvalue weighted by atomic mass is 10.1. The predicted octanol–water partition coefficient (Wildman–Crippen LogP) is 2.80. The first-order valence-electron chi connectivity index (χ1n) is 7.34. The van der Waals surface area contributed by atoms with Gasteiger partial charge in [-0.2, -0.15) is 0 Å². The van der Waals surface area contributed by atoms with Crippen LogP contribution in [-0.2, 0) is 4.74 Å². The van der Waals surface area contributed by atoms with E-state index < -0.39 is 0 Å². The molecule has 3 heteroatoms. The molecule has 3 nitrogen and oxygen atoms in total. The minimum Gasteiger partial charge on any atom is -0.500 e. The van der Waals surface area contributed by atoms with Crippen LogP contribution in [0.5, 0.6) is 5.75 Å². The SMILES string of the molecule is COC1=c2ccc(OC)cc2=NC(C2=CC=CC=CC2)=CC1. The van der Waals surface area contributed by atoms with Crippen LogP contribution in [0.25, 0.3) is 5.76 Å². The van der Waals surface area contributed by atoms with Crippen LogP contribution in [0.15, 0.2) is 70.9 Å². The summed E-state index contributed by atoms with van der Waals surface area (Å²) in [7, 11) is 3.37. The van der Waals surface area contributed by atoms with E-state index in [0.29, 0.717) is 0 Å². The molecule has 1 aromatic carbocycles. The average Bonchev–Trinajstić information content (AvgIpc) is 2.92. The lowest BCUT2D eigenvalue weighted by molar-refractivity contribution is 0.354. The van der Waals surface area contributed by atoms with Crippen molar-refractivity contribution in [2.75, 3.05) is 14.2 Å². The van der Waals surface area contributed by atoms with Gasteiger partial charge in [0.1, 0.15) is 11.5 Å². The molecule has 0 spiro atoms. The highest BCUT2D eigenvalue weighted by atomic mass is 16.5. The Kier molecular flexibility index (Phi) is 4.24. The van der Waals surface area contributed by atoms with Crippen LogP contribution in [0.2, 0.25) is 0 Å². The van der Waals surface area contributed by atoms with Crippen molar-refractivity contribution < 1.29 is 9.47 Å². The molecule has 1 aromatic rings. The van der Waals surface area contributed by atoms with Crippen molar-refractivity contribution in [1.29, 1.82) is 0 Å². The number of benzene rings is 1. The molecule has 22 heavy (non-hydrogen) atoms. The number of hydrogen-bond donors (Lipinski definition) is 0. The third-order valence-electron chi connectivity index (χ3n) is 3.80. The summed E-state index contributed by atoms with van der Waals surface area (Å²) in [6.45, 7) is 0. The standard InChI is InChI=1S/C19H19NO2/c1-21-15-9-10-16-18(13-15)20-17(11-12-19(16)22-2)14-7-5-3-4-6-8-14/h3-7,9-11,13H,8,12H2,1-2H3. The molecule has 0 fully saturated rings. The van der Waals surface area contributed by atoms with Gasteiger partial charge in [-0.3, -0.25) is 0 Å². The van der Waals surface area contributed by atoms with Crippen molar-refractivity contribution in [2.45, 2.75) is 12.8 Å². The molecule has 0 bridgehead atoms. The van der Waals surface area contributed by atoms with E-state index in [-0.39, 0.29) is 0 Å². The smallest absolute Gasteiger partial charge is 0.121 e. The summed E-state index contributed by atoms with van der Waals surface area (Å²) < 4.78 is 10.9. The van der Waals surface area contributed by atoms with Gasteiger partial charge in [0.05, 0.1) is 25.3 Å². The van der Waals surface area contributed by atoms with Crippen LogP contribution in [0.3, 0.4) is 0 Å². The Bertz CT molecular complexity index is 810. The second-order valence-electron chi connectivity index (χ2n) is 5.12. The monoisotopic (exact) mass is 293 g/mol. The van der Waals surface area contributed by atoms with Gasteiger partial charge in [-0.05, 0) is 24.1 Å². The quantitative estimate of drug-likeness (QED) is 0.858. The van der Waals surface area contributed by atoms with Gasteiger partial charge < -0.3 is 9.47 Å². The minimum atomic E-state index is 0.736. The first kappa shape index (κ1) is 14.4. The Morgan fingerprint density at radius 1 is 1.00 bits per heavy atom. The number of rotatable bonds is 3. The maximum Gasteiger partial charge on any atom is 0.121 e. The van der Waals surface area contributed by atoms with E-state index in [1.807, 2.05) is 30.4 Å². The zero-order valence-electron chi connectivity index (χ0n) is 12.9. The highest BCUT2D eigenvalue weighted by Crippen LogP contribution is 2.21. The predicted molar refractivity (Wildman–Crippen MR) is 87.9 cm³/mol. The van der Waals surface area contributed by atoms with Crippen LogP contribution in [-0.4, -0.2) is 14.2 Å². The second-order valence-corrected chi connectivity index (χ2v) is 5.12. The largest absolute Gasteiger partial charge is 0.500 e. The summed E-state index contributed by atoms with van der Waals surface area (Å²) >= 11 is 0. The Morgan fingerprint density at radius 3 is 2.73 bits per heavy atom. The van der Waals surface area contributed by atoms with Gasteiger partial charge in [-0.15, -0.1) is 0 Å². The Labute approximate surface area is 130 Å². The van der Waals surface area contributed by atoms with Crippen molar-refractivity contribution >= 4 is 5.76 Å². The average molecular weight is 293 g/mol. The molecule has 3 rings (SSSR count). The van der Waals surface area contributed by atoms with Crippen LogP contribution in [0, 0.1) is 0 Å². The second kappa shape index (κ2) is 6.48. The molecule has 0 atom stereocenters. The molecule has 0 amide bonds. The summed E-state index contributed by atoms with van der Waals surface area (Å²) in [5, 5.41) is 1.91. The fraction of sp³-hybridized carbons (Fsp3) is 0.211. The van der Waals surface area contributed by atoms with Gasteiger partial charge in [0.25, 0.3) is 0 Å². The van der Waals surface area contributed by atoms with Crippen LogP contribution >= 0.6 is 0 Å². The summed E-state index contributed by atoms with van der Waals surface area (Å²) in [6, 6.07) is 5.90. The van der Waals surface area contributed by atoms with E-state index in [9.17, 15) is 0 Å². The van der Waals surface area contributed by atoms with Gasteiger partial charge in [0.2, 0.25) is 0 Å². The van der Waals surface area contributed by atoms with Gasteiger partial charge in [-0.25, -0.2) is 4.99 Å². The summed E-state index contributed by atoms with van der Waals surface area (Å²) in [4.78, 5) is 4.86.